The zero-order valence-corrected chi connectivity index (χ0v) is 9.20. The maximum atomic E-state index is 2.42. The van der Waals surface area contributed by atoms with Crippen molar-refractivity contribution in [1.29, 1.82) is 0 Å². The summed E-state index contributed by atoms with van der Waals surface area (Å²) in [6.45, 7) is 4.45. The SMILES string of the molecule is Cc1ccc(N2CC(N(C)C)C2)cc1. The zero-order valence-electron chi connectivity index (χ0n) is 9.20. The number of benzene rings is 1. The molecule has 0 amide bonds. The molecular formula is C12H18N2. The van der Waals surface area contributed by atoms with Crippen LogP contribution in [0.5, 0.6) is 0 Å². The minimum atomic E-state index is 0.733. The average Bonchev–Trinajstić information content (AvgIpc) is 2.05. The van der Waals surface area contributed by atoms with E-state index in [2.05, 4.69) is 55.1 Å². The highest BCUT2D eigenvalue weighted by Gasteiger charge is 2.27. The third-order valence-corrected chi connectivity index (χ3v) is 2.99. The minimum absolute atomic E-state index is 0.733. The number of hydrogen-bond acceptors (Lipinski definition) is 2. The maximum Gasteiger partial charge on any atom is 0.0440 e. The van der Waals surface area contributed by atoms with Crippen molar-refractivity contribution in [2.24, 2.45) is 0 Å². The van der Waals surface area contributed by atoms with E-state index in [-0.39, 0.29) is 0 Å². The second-order valence-corrected chi connectivity index (χ2v) is 4.36. The van der Waals surface area contributed by atoms with Crippen LogP contribution in [0.2, 0.25) is 0 Å². The lowest BCUT2D eigenvalue weighted by Crippen LogP contribution is -2.57. The predicted octanol–water partition coefficient (Wildman–Crippen LogP) is 1.75. The first-order valence-electron chi connectivity index (χ1n) is 5.15. The van der Waals surface area contributed by atoms with E-state index in [4.69, 9.17) is 0 Å². The summed E-state index contributed by atoms with van der Waals surface area (Å²) in [6, 6.07) is 9.51. The Balaban J connectivity index is 1.96. The van der Waals surface area contributed by atoms with E-state index >= 15 is 0 Å². The molecule has 0 unspecified atom stereocenters. The summed E-state index contributed by atoms with van der Waals surface area (Å²) in [7, 11) is 4.30. The van der Waals surface area contributed by atoms with Crippen LogP contribution in [0.15, 0.2) is 24.3 Å². The van der Waals surface area contributed by atoms with Gasteiger partial charge in [-0.05, 0) is 33.2 Å². The van der Waals surface area contributed by atoms with Gasteiger partial charge in [0.1, 0.15) is 0 Å². The van der Waals surface area contributed by atoms with Crippen molar-refractivity contribution in [1.82, 2.24) is 4.90 Å². The predicted molar refractivity (Wildman–Crippen MR) is 60.9 cm³/mol. The third-order valence-electron chi connectivity index (χ3n) is 2.99. The van der Waals surface area contributed by atoms with Crippen molar-refractivity contribution in [3.8, 4) is 0 Å². The van der Waals surface area contributed by atoms with Gasteiger partial charge in [0.05, 0.1) is 0 Å². The Labute approximate surface area is 86.1 Å². The van der Waals surface area contributed by atoms with Crippen LogP contribution in [0.1, 0.15) is 5.56 Å². The monoisotopic (exact) mass is 190 g/mol. The van der Waals surface area contributed by atoms with Gasteiger partial charge in [0.15, 0.2) is 0 Å². The van der Waals surface area contributed by atoms with Crippen LogP contribution >= 0.6 is 0 Å². The second kappa shape index (κ2) is 3.62. The lowest BCUT2D eigenvalue weighted by molar-refractivity contribution is 0.247. The summed E-state index contributed by atoms with van der Waals surface area (Å²) < 4.78 is 0. The number of aryl methyl sites for hydroxylation is 1. The van der Waals surface area contributed by atoms with Crippen LogP contribution in [0.4, 0.5) is 5.69 Å². The van der Waals surface area contributed by atoms with Gasteiger partial charge in [-0.15, -0.1) is 0 Å². The summed E-state index contributed by atoms with van der Waals surface area (Å²) in [5, 5.41) is 0. The molecule has 0 aliphatic carbocycles. The van der Waals surface area contributed by atoms with E-state index < -0.39 is 0 Å². The molecule has 1 aliphatic rings. The average molecular weight is 190 g/mol. The Kier molecular flexibility index (Phi) is 2.46. The van der Waals surface area contributed by atoms with E-state index in [1.165, 1.54) is 11.3 Å². The minimum Gasteiger partial charge on any atom is -0.368 e. The fourth-order valence-electron chi connectivity index (χ4n) is 1.75. The molecule has 0 saturated carbocycles. The number of anilines is 1. The molecule has 0 N–H and O–H groups in total. The molecule has 1 heterocycles. The highest BCUT2D eigenvalue weighted by molar-refractivity contribution is 5.50. The number of hydrogen-bond donors (Lipinski definition) is 0. The summed E-state index contributed by atoms with van der Waals surface area (Å²) in [4.78, 5) is 4.72. The molecule has 14 heavy (non-hydrogen) atoms. The maximum absolute atomic E-state index is 2.42. The molecule has 0 radical (unpaired) electrons. The first kappa shape index (κ1) is 9.53. The quantitative estimate of drug-likeness (QED) is 0.701. The van der Waals surface area contributed by atoms with Crippen molar-refractivity contribution in [2.75, 3.05) is 32.1 Å². The van der Waals surface area contributed by atoms with Gasteiger partial charge in [0.2, 0.25) is 0 Å². The molecule has 2 nitrogen and oxygen atoms in total. The van der Waals surface area contributed by atoms with E-state index in [0.29, 0.717) is 0 Å². The Morgan fingerprint density at radius 3 is 2.21 bits per heavy atom. The smallest absolute Gasteiger partial charge is 0.0440 e. The van der Waals surface area contributed by atoms with Gasteiger partial charge in [-0.3, -0.25) is 0 Å². The van der Waals surface area contributed by atoms with Gasteiger partial charge in [-0.25, -0.2) is 0 Å². The molecule has 1 fully saturated rings. The van der Waals surface area contributed by atoms with Crippen LogP contribution in [0, 0.1) is 6.92 Å². The Bertz CT molecular complexity index is 297. The molecule has 0 aromatic heterocycles. The van der Waals surface area contributed by atoms with Gasteiger partial charge < -0.3 is 9.80 Å². The highest BCUT2D eigenvalue weighted by Crippen LogP contribution is 2.22. The third kappa shape index (κ3) is 1.75. The van der Waals surface area contributed by atoms with Crippen molar-refractivity contribution in [3.63, 3.8) is 0 Å². The van der Waals surface area contributed by atoms with Crippen LogP contribution in [-0.2, 0) is 0 Å². The topological polar surface area (TPSA) is 6.48 Å². The molecule has 0 atom stereocenters. The van der Waals surface area contributed by atoms with Gasteiger partial charge in [-0.1, -0.05) is 17.7 Å². The molecular weight excluding hydrogens is 172 g/mol. The van der Waals surface area contributed by atoms with E-state index in [0.717, 1.165) is 19.1 Å². The van der Waals surface area contributed by atoms with E-state index in [9.17, 15) is 0 Å². The molecule has 1 aromatic rings. The summed E-state index contributed by atoms with van der Waals surface area (Å²) in [5.74, 6) is 0. The van der Waals surface area contributed by atoms with Gasteiger partial charge in [-0.2, -0.15) is 0 Å². The van der Waals surface area contributed by atoms with E-state index in [1.54, 1.807) is 0 Å². The summed E-state index contributed by atoms with van der Waals surface area (Å²) >= 11 is 0. The largest absolute Gasteiger partial charge is 0.368 e. The molecule has 76 valence electrons. The number of likely N-dealkylation sites (N-methyl/N-ethyl adjacent to an activating group) is 1. The van der Waals surface area contributed by atoms with Gasteiger partial charge in [0.25, 0.3) is 0 Å². The van der Waals surface area contributed by atoms with Crippen LogP contribution < -0.4 is 4.90 Å². The van der Waals surface area contributed by atoms with Crippen molar-refractivity contribution in [3.05, 3.63) is 29.8 Å². The van der Waals surface area contributed by atoms with Gasteiger partial charge in [0, 0.05) is 24.8 Å². The lowest BCUT2D eigenvalue weighted by Gasteiger charge is -2.44. The molecule has 2 heteroatoms. The normalized spacial score (nSPS) is 17.3. The first-order chi connectivity index (χ1) is 6.66. The van der Waals surface area contributed by atoms with Crippen LogP contribution in [0.25, 0.3) is 0 Å². The van der Waals surface area contributed by atoms with Crippen LogP contribution in [-0.4, -0.2) is 38.1 Å². The van der Waals surface area contributed by atoms with Crippen molar-refractivity contribution < 1.29 is 0 Å². The van der Waals surface area contributed by atoms with Crippen molar-refractivity contribution in [2.45, 2.75) is 13.0 Å². The standard InChI is InChI=1S/C12H18N2/c1-10-4-6-11(7-5-10)14-8-12(9-14)13(2)3/h4-7,12H,8-9H2,1-3H3. The molecule has 2 rings (SSSR count). The van der Waals surface area contributed by atoms with Gasteiger partial charge >= 0.3 is 0 Å². The fraction of sp³-hybridized carbons (Fsp3) is 0.500. The summed E-state index contributed by atoms with van der Waals surface area (Å²) in [6.07, 6.45) is 0. The molecule has 1 saturated heterocycles. The zero-order chi connectivity index (χ0) is 10.1. The molecule has 0 spiro atoms. The molecule has 1 aliphatic heterocycles. The molecule has 0 bridgehead atoms. The highest BCUT2D eigenvalue weighted by atomic mass is 15.3. The Morgan fingerprint density at radius 2 is 1.71 bits per heavy atom. The number of rotatable bonds is 2. The number of nitrogens with zero attached hydrogens (tertiary/aromatic N) is 2. The first-order valence-corrected chi connectivity index (χ1v) is 5.15. The van der Waals surface area contributed by atoms with E-state index in [1.807, 2.05) is 0 Å². The second-order valence-electron chi connectivity index (χ2n) is 4.36. The Hall–Kier alpha value is -1.02. The lowest BCUT2D eigenvalue weighted by atomic mass is 10.1. The molecule has 1 aromatic carbocycles. The fourth-order valence-corrected chi connectivity index (χ4v) is 1.75. The van der Waals surface area contributed by atoms with Crippen molar-refractivity contribution >= 4 is 5.69 Å². The summed E-state index contributed by atoms with van der Waals surface area (Å²) in [5.41, 5.74) is 2.69. The van der Waals surface area contributed by atoms with Crippen LogP contribution in [0.3, 0.4) is 0 Å². The Morgan fingerprint density at radius 1 is 1.14 bits per heavy atom.